The fourth-order valence-corrected chi connectivity index (χ4v) is 1.90. The van der Waals surface area contributed by atoms with Gasteiger partial charge in [0.1, 0.15) is 0 Å². The van der Waals surface area contributed by atoms with Crippen LogP contribution in [-0.2, 0) is 0 Å². The first-order valence-corrected chi connectivity index (χ1v) is 4.94. The van der Waals surface area contributed by atoms with E-state index in [2.05, 4.69) is 0 Å². The molecular weight excluding hydrogens is 214 g/mol. The fourth-order valence-electron chi connectivity index (χ4n) is 1.19. The number of alkyl halides is 3. The Kier molecular flexibility index (Phi) is 2.82. The van der Waals surface area contributed by atoms with E-state index < -0.39 is 9.21 Å². The molecule has 0 nitrogen and oxygen atoms in total. The second-order valence-corrected chi connectivity index (χ2v) is 5.59. The highest BCUT2D eigenvalue weighted by Gasteiger charge is 2.46. The van der Waals surface area contributed by atoms with Gasteiger partial charge in [0, 0.05) is 5.41 Å². The molecular formula is C9H11Cl3. The van der Waals surface area contributed by atoms with Crippen LogP contribution in [0.4, 0.5) is 0 Å². The minimum Gasteiger partial charge on any atom is -0.0827 e. The second-order valence-electron chi connectivity index (χ2n) is 3.31. The van der Waals surface area contributed by atoms with Gasteiger partial charge in [0.2, 0.25) is 0 Å². The number of hydrogen-bond acceptors (Lipinski definition) is 0. The Labute approximate surface area is 88.2 Å². The van der Waals surface area contributed by atoms with E-state index in [1.807, 2.05) is 38.2 Å². The minimum absolute atomic E-state index is 0.245. The smallest absolute Gasteiger partial charge is 0.0827 e. The molecule has 0 N–H and O–H groups in total. The first-order chi connectivity index (χ1) is 5.38. The highest BCUT2D eigenvalue weighted by Crippen LogP contribution is 2.51. The van der Waals surface area contributed by atoms with Crippen molar-refractivity contribution in [2.75, 3.05) is 0 Å². The maximum absolute atomic E-state index is 5.89. The lowest BCUT2D eigenvalue weighted by Gasteiger charge is -2.38. The molecule has 3 heteroatoms. The molecule has 0 fully saturated rings. The van der Waals surface area contributed by atoms with Crippen LogP contribution in [0.1, 0.15) is 13.8 Å². The van der Waals surface area contributed by atoms with Crippen LogP contribution < -0.4 is 0 Å². The Hall–Kier alpha value is 0.350. The zero-order valence-electron chi connectivity index (χ0n) is 7.02. The molecule has 0 bridgehead atoms. The molecule has 1 aliphatic carbocycles. The maximum atomic E-state index is 5.89. The van der Waals surface area contributed by atoms with E-state index in [0.717, 1.165) is 0 Å². The zero-order valence-corrected chi connectivity index (χ0v) is 9.29. The molecule has 0 spiro atoms. The predicted octanol–water partition coefficient (Wildman–Crippen LogP) is 4.13. The summed E-state index contributed by atoms with van der Waals surface area (Å²) in [6.07, 6.45) is 7.89. The molecule has 68 valence electrons. The monoisotopic (exact) mass is 224 g/mol. The number of hydrogen-bond donors (Lipinski definition) is 0. The molecule has 0 amide bonds. The maximum Gasteiger partial charge on any atom is 0.199 e. The van der Waals surface area contributed by atoms with Crippen molar-refractivity contribution in [3.63, 3.8) is 0 Å². The summed E-state index contributed by atoms with van der Waals surface area (Å²) >= 11 is 17.7. The summed E-state index contributed by atoms with van der Waals surface area (Å²) in [7, 11) is 0. The third-order valence-electron chi connectivity index (χ3n) is 2.51. The molecule has 0 aromatic heterocycles. The van der Waals surface area contributed by atoms with Gasteiger partial charge in [0.05, 0.1) is 0 Å². The molecule has 1 rings (SSSR count). The van der Waals surface area contributed by atoms with E-state index in [-0.39, 0.29) is 5.92 Å². The van der Waals surface area contributed by atoms with E-state index in [1.54, 1.807) is 0 Å². The largest absolute Gasteiger partial charge is 0.199 e. The molecule has 0 aromatic rings. The SMILES string of the molecule is CC1C=CC=CC1(C)C(Cl)(Cl)Cl. The van der Waals surface area contributed by atoms with Crippen LogP contribution in [0.5, 0.6) is 0 Å². The summed E-state index contributed by atoms with van der Waals surface area (Å²) in [5.41, 5.74) is -0.396. The molecule has 0 saturated heterocycles. The van der Waals surface area contributed by atoms with Gasteiger partial charge in [-0.05, 0) is 5.92 Å². The Balaban J connectivity index is 2.99. The van der Waals surface area contributed by atoms with Gasteiger partial charge in [-0.1, -0.05) is 73.0 Å². The first-order valence-electron chi connectivity index (χ1n) is 3.80. The van der Waals surface area contributed by atoms with Gasteiger partial charge < -0.3 is 0 Å². The van der Waals surface area contributed by atoms with Crippen LogP contribution in [0.25, 0.3) is 0 Å². The van der Waals surface area contributed by atoms with Crippen LogP contribution in [0.3, 0.4) is 0 Å². The lowest BCUT2D eigenvalue weighted by atomic mass is 9.76. The summed E-state index contributed by atoms with van der Waals surface area (Å²) in [5.74, 6) is 0.245. The van der Waals surface area contributed by atoms with Crippen molar-refractivity contribution in [1.82, 2.24) is 0 Å². The predicted molar refractivity (Wildman–Crippen MR) is 55.8 cm³/mol. The second kappa shape index (κ2) is 3.25. The summed E-state index contributed by atoms with van der Waals surface area (Å²) in [5, 5.41) is 0. The van der Waals surface area contributed by atoms with Crippen LogP contribution >= 0.6 is 34.8 Å². The topological polar surface area (TPSA) is 0 Å². The molecule has 0 aliphatic heterocycles. The quantitative estimate of drug-likeness (QED) is 0.544. The van der Waals surface area contributed by atoms with Crippen molar-refractivity contribution in [1.29, 1.82) is 0 Å². The van der Waals surface area contributed by atoms with Gasteiger partial charge in [-0.2, -0.15) is 0 Å². The first kappa shape index (κ1) is 10.4. The van der Waals surface area contributed by atoms with Crippen LogP contribution in [0.15, 0.2) is 24.3 Å². The highest BCUT2D eigenvalue weighted by atomic mass is 35.6. The Morgan fingerprint density at radius 2 is 1.83 bits per heavy atom. The molecule has 0 radical (unpaired) electrons. The highest BCUT2D eigenvalue weighted by molar-refractivity contribution is 6.68. The standard InChI is InChI=1S/C9H11Cl3/c1-7-5-3-4-6-8(7,2)9(10,11)12/h3-7H,1-2H3. The normalized spacial score (nSPS) is 35.6. The van der Waals surface area contributed by atoms with E-state index in [4.69, 9.17) is 34.8 Å². The molecule has 1 aliphatic rings. The van der Waals surface area contributed by atoms with Crippen molar-refractivity contribution in [3.8, 4) is 0 Å². The van der Waals surface area contributed by atoms with Gasteiger partial charge in [-0.3, -0.25) is 0 Å². The number of rotatable bonds is 0. The lowest BCUT2D eigenvalue weighted by molar-refractivity contribution is 0.331. The fraction of sp³-hybridized carbons (Fsp3) is 0.556. The zero-order chi connectivity index (χ0) is 9.41. The molecule has 0 aromatic carbocycles. The molecule has 0 heterocycles. The molecule has 2 unspecified atom stereocenters. The van der Waals surface area contributed by atoms with Gasteiger partial charge in [0.25, 0.3) is 0 Å². The van der Waals surface area contributed by atoms with E-state index in [9.17, 15) is 0 Å². The van der Waals surface area contributed by atoms with Crippen molar-refractivity contribution in [2.24, 2.45) is 11.3 Å². The number of halogens is 3. The molecule has 12 heavy (non-hydrogen) atoms. The average Bonchev–Trinajstić information content (AvgIpc) is 1.93. The summed E-state index contributed by atoms with van der Waals surface area (Å²) in [6, 6.07) is 0. The minimum atomic E-state index is -1.24. The Morgan fingerprint density at radius 1 is 1.25 bits per heavy atom. The van der Waals surface area contributed by atoms with Gasteiger partial charge in [-0.15, -0.1) is 0 Å². The van der Waals surface area contributed by atoms with Crippen LogP contribution in [-0.4, -0.2) is 3.79 Å². The van der Waals surface area contributed by atoms with E-state index in [1.165, 1.54) is 0 Å². The van der Waals surface area contributed by atoms with Crippen molar-refractivity contribution >= 4 is 34.8 Å². The van der Waals surface area contributed by atoms with Crippen molar-refractivity contribution in [3.05, 3.63) is 24.3 Å². The van der Waals surface area contributed by atoms with E-state index >= 15 is 0 Å². The molecule has 2 atom stereocenters. The van der Waals surface area contributed by atoms with Gasteiger partial charge in [0.15, 0.2) is 3.79 Å². The third kappa shape index (κ3) is 1.66. The summed E-state index contributed by atoms with van der Waals surface area (Å²) in [6.45, 7) is 3.99. The van der Waals surface area contributed by atoms with Crippen molar-refractivity contribution < 1.29 is 0 Å². The Bertz CT molecular complexity index is 224. The summed E-state index contributed by atoms with van der Waals surface area (Å²) in [4.78, 5) is 0. The van der Waals surface area contributed by atoms with Gasteiger partial charge >= 0.3 is 0 Å². The molecule has 0 saturated carbocycles. The van der Waals surface area contributed by atoms with Crippen molar-refractivity contribution in [2.45, 2.75) is 17.6 Å². The van der Waals surface area contributed by atoms with Gasteiger partial charge in [-0.25, -0.2) is 0 Å². The van der Waals surface area contributed by atoms with Crippen LogP contribution in [0, 0.1) is 11.3 Å². The third-order valence-corrected chi connectivity index (χ3v) is 3.73. The Morgan fingerprint density at radius 3 is 2.17 bits per heavy atom. The lowest BCUT2D eigenvalue weighted by Crippen LogP contribution is -2.36. The van der Waals surface area contributed by atoms with Crippen LogP contribution in [0.2, 0.25) is 0 Å². The average molecular weight is 226 g/mol. The van der Waals surface area contributed by atoms with E-state index in [0.29, 0.717) is 0 Å². The summed E-state index contributed by atoms with van der Waals surface area (Å²) < 4.78 is -1.24. The number of allylic oxidation sites excluding steroid dienone is 4.